The fourth-order valence-electron chi connectivity index (χ4n) is 3.26. The van der Waals surface area contributed by atoms with E-state index in [4.69, 9.17) is 0 Å². The SMILES string of the molecule is O=C(c1ccncc1F)N1CCCC(N2CCCC2)C1. The first kappa shape index (κ1) is 13.5. The first-order chi connectivity index (χ1) is 9.75. The van der Waals surface area contributed by atoms with Crippen LogP contribution in [0.15, 0.2) is 18.5 Å². The maximum absolute atomic E-state index is 13.7. The van der Waals surface area contributed by atoms with Crippen molar-refractivity contribution >= 4 is 5.91 Å². The van der Waals surface area contributed by atoms with Crippen molar-refractivity contribution in [1.29, 1.82) is 0 Å². The van der Waals surface area contributed by atoms with E-state index >= 15 is 0 Å². The summed E-state index contributed by atoms with van der Waals surface area (Å²) in [5, 5.41) is 0. The number of carbonyl (C=O) groups excluding carboxylic acids is 1. The van der Waals surface area contributed by atoms with Crippen LogP contribution in [0.5, 0.6) is 0 Å². The van der Waals surface area contributed by atoms with Crippen LogP contribution in [0, 0.1) is 5.82 Å². The lowest BCUT2D eigenvalue weighted by atomic mass is 10.0. The lowest BCUT2D eigenvalue weighted by molar-refractivity contribution is 0.0603. The van der Waals surface area contributed by atoms with E-state index in [-0.39, 0.29) is 11.5 Å². The number of aromatic nitrogens is 1. The zero-order chi connectivity index (χ0) is 13.9. The Morgan fingerprint density at radius 3 is 2.80 bits per heavy atom. The van der Waals surface area contributed by atoms with Gasteiger partial charge in [0.25, 0.3) is 5.91 Å². The number of rotatable bonds is 2. The van der Waals surface area contributed by atoms with Crippen molar-refractivity contribution < 1.29 is 9.18 Å². The normalized spacial score (nSPS) is 24.1. The predicted molar refractivity (Wildman–Crippen MR) is 73.9 cm³/mol. The zero-order valence-corrected chi connectivity index (χ0v) is 11.6. The fourth-order valence-corrected chi connectivity index (χ4v) is 3.26. The number of likely N-dealkylation sites (tertiary alicyclic amines) is 2. The molecule has 3 heterocycles. The Morgan fingerprint density at radius 2 is 2.05 bits per heavy atom. The van der Waals surface area contributed by atoms with Crippen molar-refractivity contribution in [3.05, 3.63) is 29.8 Å². The summed E-state index contributed by atoms with van der Waals surface area (Å²) in [5.74, 6) is -0.727. The van der Waals surface area contributed by atoms with Crippen molar-refractivity contribution in [2.24, 2.45) is 0 Å². The summed E-state index contributed by atoms with van der Waals surface area (Å²) in [5.41, 5.74) is 0.141. The van der Waals surface area contributed by atoms with Gasteiger partial charge in [0, 0.05) is 25.3 Å². The molecule has 0 spiro atoms. The van der Waals surface area contributed by atoms with E-state index in [2.05, 4.69) is 9.88 Å². The summed E-state index contributed by atoms with van der Waals surface area (Å²) in [6.45, 7) is 3.72. The largest absolute Gasteiger partial charge is 0.337 e. The Labute approximate surface area is 118 Å². The molecule has 0 N–H and O–H groups in total. The summed E-state index contributed by atoms with van der Waals surface area (Å²) in [6.07, 6.45) is 7.22. The Kier molecular flexibility index (Phi) is 3.96. The van der Waals surface area contributed by atoms with Gasteiger partial charge in [-0.15, -0.1) is 0 Å². The van der Waals surface area contributed by atoms with Crippen molar-refractivity contribution in [3.8, 4) is 0 Å². The maximum atomic E-state index is 13.7. The van der Waals surface area contributed by atoms with Crippen molar-refractivity contribution in [2.75, 3.05) is 26.2 Å². The van der Waals surface area contributed by atoms with E-state index < -0.39 is 5.82 Å². The first-order valence-electron chi connectivity index (χ1n) is 7.38. The average Bonchev–Trinajstić information content (AvgIpc) is 3.01. The summed E-state index contributed by atoms with van der Waals surface area (Å²) < 4.78 is 13.7. The molecular formula is C15H20FN3O. The molecule has 3 rings (SSSR count). The minimum atomic E-state index is -0.527. The second-order valence-electron chi connectivity index (χ2n) is 5.65. The van der Waals surface area contributed by atoms with Gasteiger partial charge >= 0.3 is 0 Å². The molecule has 0 aromatic carbocycles. The number of hydrogen-bond donors (Lipinski definition) is 0. The van der Waals surface area contributed by atoms with Gasteiger partial charge in [-0.05, 0) is 44.8 Å². The van der Waals surface area contributed by atoms with E-state index in [1.807, 2.05) is 0 Å². The Balaban J connectivity index is 1.70. The third kappa shape index (κ3) is 2.68. The summed E-state index contributed by atoms with van der Waals surface area (Å²) >= 11 is 0. The van der Waals surface area contributed by atoms with E-state index in [1.54, 1.807) is 4.90 Å². The van der Waals surface area contributed by atoms with Crippen LogP contribution in [0.25, 0.3) is 0 Å². The van der Waals surface area contributed by atoms with Crippen molar-refractivity contribution in [2.45, 2.75) is 31.7 Å². The standard InChI is InChI=1S/C15H20FN3O/c16-14-10-17-6-5-13(14)15(20)19-9-3-4-12(11-19)18-7-1-2-8-18/h5-6,10,12H,1-4,7-9,11H2. The highest BCUT2D eigenvalue weighted by Gasteiger charge is 2.30. The Bertz CT molecular complexity index is 488. The molecule has 2 aliphatic heterocycles. The van der Waals surface area contributed by atoms with Gasteiger partial charge in [-0.1, -0.05) is 0 Å². The van der Waals surface area contributed by atoms with Gasteiger partial charge in [0.1, 0.15) is 0 Å². The monoisotopic (exact) mass is 277 g/mol. The lowest BCUT2D eigenvalue weighted by Gasteiger charge is -2.37. The highest BCUT2D eigenvalue weighted by molar-refractivity contribution is 5.94. The molecule has 1 unspecified atom stereocenters. The second-order valence-corrected chi connectivity index (χ2v) is 5.65. The van der Waals surface area contributed by atoms with Gasteiger partial charge < -0.3 is 4.90 Å². The van der Waals surface area contributed by atoms with Gasteiger partial charge in [-0.3, -0.25) is 14.7 Å². The summed E-state index contributed by atoms with van der Waals surface area (Å²) in [7, 11) is 0. The number of halogens is 1. The highest BCUT2D eigenvalue weighted by atomic mass is 19.1. The van der Waals surface area contributed by atoms with Crippen LogP contribution < -0.4 is 0 Å². The molecule has 0 aliphatic carbocycles. The number of amides is 1. The third-order valence-electron chi connectivity index (χ3n) is 4.34. The first-order valence-corrected chi connectivity index (χ1v) is 7.38. The van der Waals surface area contributed by atoms with Gasteiger partial charge in [0.15, 0.2) is 5.82 Å². The predicted octanol–water partition coefficient (Wildman–Crippen LogP) is 1.92. The molecule has 2 saturated heterocycles. The molecule has 0 saturated carbocycles. The fraction of sp³-hybridized carbons (Fsp3) is 0.600. The summed E-state index contributed by atoms with van der Waals surface area (Å²) in [6, 6.07) is 1.91. The number of pyridine rings is 1. The number of hydrogen-bond acceptors (Lipinski definition) is 3. The van der Waals surface area contributed by atoms with E-state index in [0.29, 0.717) is 6.04 Å². The van der Waals surface area contributed by atoms with Crippen LogP contribution in [-0.2, 0) is 0 Å². The van der Waals surface area contributed by atoms with Crippen LogP contribution >= 0.6 is 0 Å². The number of carbonyl (C=O) groups is 1. The molecule has 0 bridgehead atoms. The maximum Gasteiger partial charge on any atom is 0.256 e. The molecule has 2 aliphatic rings. The van der Waals surface area contributed by atoms with Crippen LogP contribution in [-0.4, -0.2) is 52.9 Å². The molecule has 1 aromatic rings. The highest BCUT2D eigenvalue weighted by Crippen LogP contribution is 2.22. The van der Waals surface area contributed by atoms with Gasteiger partial charge in [0.05, 0.1) is 11.8 Å². The van der Waals surface area contributed by atoms with E-state index in [1.165, 1.54) is 25.1 Å². The molecule has 5 heteroatoms. The second kappa shape index (κ2) is 5.87. The molecule has 2 fully saturated rings. The molecule has 1 atom stereocenters. The molecule has 0 radical (unpaired) electrons. The minimum Gasteiger partial charge on any atom is -0.337 e. The molecule has 108 valence electrons. The van der Waals surface area contributed by atoms with Gasteiger partial charge in [0.2, 0.25) is 0 Å². The van der Waals surface area contributed by atoms with Gasteiger partial charge in [-0.25, -0.2) is 4.39 Å². The number of nitrogens with zero attached hydrogens (tertiary/aromatic N) is 3. The molecule has 1 amide bonds. The van der Waals surface area contributed by atoms with Crippen LogP contribution in [0.3, 0.4) is 0 Å². The molecular weight excluding hydrogens is 257 g/mol. The molecule has 1 aromatic heterocycles. The van der Waals surface area contributed by atoms with Crippen molar-refractivity contribution in [1.82, 2.24) is 14.8 Å². The molecule has 20 heavy (non-hydrogen) atoms. The van der Waals surface area contributed by atoms with E-state index in [0.717, 1.165) is 45.2 Å². The number of piperidine rings is 1. The Hall–Kier alpha value is -1.49. The lowest BCUT2D eigenvalue weighted by Crippen LogP contribution is -2.49. The summed E-state index contributed by atoms with van der Waals surface area (Å²) in [4.78, 5) is 20.4. The van der Waals surface area contributed by atoms with Crippen LogP contribution in [0.1, 0.15) is 36.0 Å². The quantitative estimate of drug-likeness (QED) is 0.828. The van der Waals surface area contributed by atoms with E-state index in [9.17, 15) is 9.18 Å². The average molecular weight is 277 g/mol. The van der Waals surface area contributed by atoms with Crippen molar-refractivity contribution in [3.63, 3.8) is 0 Å². The third-order valence-corrected chi connectivity index (χ3v) is 4.34. The van der Waals surface area contributed by atoms with Crippen LogP contribution in [0.4, 0.5) is 4.39 Å². The smallest absolute Gasteiger partial charge is 0.256 e. The van der Waals surface area contributed by atoms with Crippen LogP contribution in [0.2, 0.25) is 0 Å². The minimum absolute atomic E-state index is 0.141. The molecule has 4 nitrogen and oxygen atoms in total. The topological polar surface area (TPSA) is 36.4 Å². The zero-order valence-electron chi connectivity index (χ0n) is 11.6. The Morgan fingerprint density at radius 1 is 1.25 bits per heavy atom. The van der Waals surface area contributed by atoms with Gasteiger partial charge in [-0.2, -0.15) is 0 Å².